The van der Waals surface area contributed by atoms with Crippen LogP contribution in [0, 0.1) is 0 Å². The molecule has 0 N–H and O–H groups in total. The lowest BCUT2D eigenvalue weighted by molar-refractivity contribution is -0.131. The molecule has 0 saturated heterocycles. The van der Waals surface area contributed by atoms with Crippen LogP contribution in [0.25, 0.3) is 10.9 Å². The van der Waals surface area contributed by atoms with E-state index in [9.17, 15) is 4.79 Å². The van der Waals surface area contributed by atoms with Gasteiger partial charge in [-0.3, -0.25) is 9.78 Å². The van der Waals surface area contributed by atoms with Crippen molar-refractivity contribution in [2.45, 2.75) is 19.5 Å². The largest absolute Gasteiger partial charge is 0.341 e. The van der Waals surface area contributed by atoms with Crippen molar-refractivity contribution in [1.29, 1.82) is 0 Å². The van der Waals surface area contributed by atoms with E-state index in [1.807, 2.05) is 29.2 Å². The number of pyridine rings is 1. The van der Waals surface area contributed by atoms with E-state index in [0.717, 1.165) is 34.8 Å². The number of hydrogen-bond acceptors (Lipinski definition) is 2. The maximum absolute atomic E-state index is 12.5. The molecule has 5 heteroatoms. The average molecular weight is 326 g/mol. The molecule has 0 spiro atoms. The van der Waals surface area contributed by atoms with Crippen molar-refractivity contribution in [3.05, 3.63) is 65.1 Å². The number of hydrogen-bond donors (Lipinski definition) is 0. The van der Waals surface area contributed by atoms with E-state index in [4.69, 9.17) is 11.6 Å². The molecule has 4 nitrogen and oxygen atoms in total. The standard InChI is InChI=1S/C18H16ClN3O/c19-15-1-2-17-14(10-15)11-16-12-21(7-8-22(16)17)18(23)9-13-3-5-20-6-4-13/h1-6,10-11H,7-9,12H2. The van der Waals surface area contributed by atoms with Gasteiger partial charge in [0, 0.05) is 47.1 Å². The van der Waals surface area contributed by atoms with Crippen molar-refractivity contribution in [2.24, 2.45) is 0 Å². The summed E-state index contributed by atoms with van der Waals surface area (Å²) >= 11 is 6.07. The smallest absolute Gasteiger partial charge is 0.227 e. The fourth-order valence-corrected chi connectivity index (χ4v) is 3.37. The molecular formula is C18H16ClN3O. The molecule has 1 aliphatic rings. The van der Waals surface area contributed by atoms with E-state index in [1.54, 1.807) is 12.4 Å². The first kappa shape index (κ1) is 14.3. The molecule has 0 saturated carbocycles. The molecule has 1 aromatic carbocycles. The van der Waals surface area contributed by atoms with Crippen molar-refractivity contribution in [1.82, 2.24) is 14.5 Å². The molecule has 23 heavy (non-hydrogen) atoms. The first-order valence-electron chi connectivity index (χ1n) is 7.65. The summed E-state index contributed by atoms with van der Waals surface area (Å²) in [4.78, 5) is 18.4. The van der Waals surface area contributed by atoms with Gasteiger partial charge in [0.2, 0.25) is 5.91 Å². The fraction of sp³-hybridized carbons (Fsp3) is 0.222. The second-order valence-corrected chi connectivity index (χ2v) is 6.27. The van der Waals surface area contributed by atoms with Crippen LogP contribution < -0.4 is 0 Å². The molecule has 3 aromatic rings. The summed E-state index contributed by atoms with van der Waals surface area (Å²) in [5, 5.41) is 1.88. The maximum Gasteiger partial charge on any atom is 0.227 e. The van der Waals surface area contributed by atoms with Gasteiger partial charge in [0.15, 0.2) is 0 Å². The maximum atomic E-state index is 12.5. The number of halogens is 1. The van der Waals surface area contributed by atoms with E-state index in [1.165, 1.54) is 5.52 Å². The molecule has 116 valence electrons. The van der Waals surface area contributed by atoms with Gasteiger partial charge in [-0.05, 0) is 42.0 Å². The number of carbonyl (C=O) groups is 1. The summed E-state index contributed by atoms with van der Waals surface area (Å²) in [5.74, 6) is 0.158. The number of benzene rings is 1. The Kier molecular flexibility index (Phi) is 3.54. The normalized spacial score (nSPS) is 14.0. The summed E-state index contributed by atoms with van der Waals surface area (Å²) in [7, 11) is 0. The minimum Gasteiger partial charge on any atom is -0.341 e. The van der Waals surface area contributed by atoms with Crippen LogP contribution in [0.3, 0.4) is 0 Å². The number of rotatable bonds is 2. The number of carbonyl (C=O) groups excluding carboxylic acids is 1. The van der Waals surface area contributed by atoms with E-state index < -0.39 is 0 Å². The van der Waals surface area contributed by atoms with Crippen LogP contribution in [-0.4, -0.2) is 26.9 Å². The zero-order valence-electron chi connectivity index (χ0n) is 12.6. The predicted molar refractivity (Wildman–Crippen MR) is 90.3 cm³/mol. The Morgan fingerprint density at radius 1 is 1.13 bits per heavy atom. The van der Waals surface area contributed by atoms with Crippen molar-refractivity contribution < 1.29 is 4.79 Å². The lowest BCUT2D eigenvalue weighted by atomic mass is 10.1. The molecule has 0 bridgehead atoms. The van der Waals surface area contributed by atoms with Crippen LogP contribution in [0.1, 0.15) is 11.3 Å². The highest BCUT2D eigenvalue weighted by atomic mass is 35.5. The highest BCUT2D eigenvalue weighted by Crippen LogP contribution is 2.26. The number of nitrogens with zero attached hydrogens (tertiary/aromatic N) is 3. The predicted octanol–water partition coefficient (Wildman–Crippen LogP) is 3.27. The molecule has 0 unspecified atom stereocenters. The molecule has 3 heterocycles. The summed E-state index contributed by atoms with van der Waals surface area (Å²) < 4.78 is 2.28. The zero-order valence-corrected chi connectivity index (χ0v) is 13.3. The van der Waals surface area contributed by atoms with Gasteiger partial charge < -0.3 is 9.47 Å². The Hall–Kier alpha value is -2.33. The van der Waals surface area contributed by atoms with E-state index in [0.29, 0.717) is 13.0 Å². The third kappa shape index (κ3) is 2.70. The molecule has 1 amide bonds. The van der Waals surface area contributed by atoms with Gasteiger partial charge in [0.25, 0.3) is 0 Å². The Labute approximate surface area is 139 Å². The first-order valence-corrected chi connectivity index (χ1v) is 8.03. The van der Waals surface area contributed by atoms with E-state index >= 15 is 0 Å². The highest BCUT2D eigenvalue weighted by molar-refractivity contribution is 6.31. The van der Waals surface area contributed by atoms with Gasteiger partial charge in [-0.25, -0.2) is 0 Å². The van der Waals surface area contributed by atoms with Gasteiger partial charge in [-0.2, -0.15) is 0 Å². The Balaban J connectivity index is 1.56. The van der Waals surface area contributed by atoms with Crippen molar-refractivity contribution in [3.8, 4) is 0 Å². The van der Waals surface area contributed by atoms with Crippen molar-refractivity contribution in [2.75, 3.05) is 6.54 Å². The molecule has 0 fully saturated rings. The van der Waals surface area contributed by atoms with Gasteiger partial charge >= 0.3 is 0 Å². The summed E-state index contributed by atoms with van der Waals surface area (Å²) in [6, 6.07) is 11.9. The SMILES string of the molecule is O=C(Cc1ccncc1)N1CCn2c(cc3cc(Cl)ccc32)C1. The lowest BCUT2D eigenvalue weighted by Crippen LogP contribution is -2.38. The van der Waals surface area contributed by atoms with E-state index in [-0.39, 0.29) is 5.91 Å². The first-order chi connectivity index (χ1) is 11.2. The molecular weight excluding hydrogens is 310 g/mol. The Bertz CT molecular complexity index is 873. The van der Waals surface area contributed by atoms with Crippen molar-refractivity contribution in [3.63, 3.8) is 0 Å². The zero-order chi connectivity index (χ0) is 15.8. The van der Waals surface area contributed by atoms with Crippen LogP contribution in [-0.2, 0) is 24.3 Å². The monoisotopic (exact) mass is 325 g/mol. The summed E-state index contributed by atoms with van der Waals surface area (Å²) in [5.41, 5.74) is 3.35. The molecule has 4 rings (SSSR count). The van der Waals surface area contributed by atoms with Gasteiger partial charge in [-0.1, -0.05) is 11.6 Å². The van der Waals surface area contributed by atoms with Crippen molar-refractivity contribution >= 4 is 28.4 Å². The van der Waals surface area contributed by atoms with Gasteiger partial charge in [-0.15, -0.1) is 0 Å². The Morgan fingerprint density at radius 2 is 1.96 bits per heavy atom. The second kappa shape index (κ2) is 5.70. The third-order valence-electron chi connectivity index (χ3n) is 4.35. The number of fused-ring (bicyclic) bond motifs is 3. The Morgan fingerprint density at radius 3 is 2.78 bits per heavy atom. The molecule has 1 aliphatic heterocycles. The number of aromatic nitrogens is 2. The van der Waals surface area contributed by atoms with Crippen LogP contribution >= 0.6 is 11.6 Å². The van der Waals surface area contributed by atoms with Crippen LogP contribution in [0.15, 0.2) is 48.8 Å². The van der Waals surface area contributed by atoms with Gasteiger partial charge in [0.05, 0.1) is 13.0 Å². The lowest BCUT2D eigenvalue weighted by Gasteiger charge is -2.29. The van der Waals surface area contributed by atoms with Crippen LogP contribution in [0.4, 0.5) is 0 Å². The topological polar surface area (TPSA) is 38.1 Å². The quantitative estimate of drug-likeness (QED) is 0.725. The average Bonchev–Trinajstić information content (AvgIpc) is 2.92. The molecule has 2 aromatic heterocycles. The minimum absolute atomic E-state index is 0.158. The second-order valence-electron chi connectivity index (χ2n) is 5.84. The minimum atomic E-state index is 0.158. The summed E-state index contributed by atoms with van der Waals surface area (Å²) in [6.45, 7) is 2.21. The molecule has 0 atom stereocenters. The molecule has 0 aliphatic carbocycles. The van der Waals surface area contributed by atoms with Crippen LogP contribution in [0.2, 0.25) is 5.02 Å². The number of amides is 1. The van der Waals surface area contributed by atoms with E-state index in [2.05, 4.69) is 21.7 Å². The highest BCUT2D eigenvalue weighted by Gasteiger charge is 2.22. The fourth-order valence-electron chi connectivity index (χ4n) is 3.19. The van der Waals surface area contributed by atoms with Gasteiger partial charge in [0.1, 0.15) is 0 Å². The summed E-state index contributed by atoms with van der Waals surface area (Å²) in [6.07, 6.45) is 3.87. The van der Waals surface area contributed by atoms with Crippen LogP contribution in [0.5, 0.6) is 0 Å². The third-order valence-corrected chi connectivity index (χ3v) is 4.59. The molecule has 0 radical (unpaired) electrons.